The molecule has 2 aliphatic carbocycles. The van der Waals surface area contributed by atoms with Gasteiger partial charge in [0.15, 0.2) is 5.13 Å². The minimum absolute atomic E-state index is 0.000169. The molecule has 15 heteroatoms. The largest absolute Gasteiger partial charge is 0.493 e. The first-order valence-corrected chi connectivity index (χ1v) is 20.0. The molecule has 1 aromatic carbocycles. The Kier molecular flexibility index (Phi) is 10.4. The first-order chi connectivity index (χ1) is 26.2. The van der Waals surface area contributed by atoms with E-state index in [1.54, 1.807) is 0 Å². The zero-order valence-electron chi connectivity index (χ0n) is 32.0. The van der Waals surface area contributed by atoms with Gasteiger partial charge in [-0.2, -0.15) is 0 Å². The maximum Gasteiger partial charge on any atom is 0.408 e. The number of carboxylic acids is 1. The number of anilines is 1. The molecule has 3 amide bonds. The summed E-state index contributed by atoms with van der Waals surface area (Å²) >= 11 is 1.48. The van der Waals surface area contributed by atoms with E-state index in [0.717, 1.165) is 53.0 Å². The SMILES string of the molecule is C=C[C@H]1C[C@]1(NC(=O)[C@@H]1C[C@@H](Oc2cc(-c3csc(NC(C)C)n3)nc3c4c(ccc23)OCC4)CN1C(=O)C(NC(=O)OC1CCCC1)C(C)(C)C)C(=O)O. The summed E-state index contributed by atoms with van der Waals surface area (Å²) in [7, 11) is 0. The fraction of sp³-hybridized carbons (Fsp3) is 0.550. The molecule has 55 heavy (non-hydrogen) atoms. The number of nitrogens with one attached hydrogen (secondary N) is 3. The van der Waals surface area contributed by atoms with Crippen molar-refractivity contribution in [3.8, 4) is 22.9 Å². The van der Waals surface area contributed by atoms with Crippen molar-refractivity contribution in [3.63, 3.8) is 0 Å². The lowest BCUT2D eigenvalue weighted by atomic mass is 9.85. The van der Waals surface area contributed by atoms with E-state index in [-0.39, 0.29) is 31.5 Å². The van der Waals surface area contributed by atoms with Crippen molar-refractivity contribution in [1.29, 1.82) is 0 Å². The van der Waals surface area contributed by atoms with Crippen LogP contribution in [0.3, 0.4) is 0 Å². The van der Waals surface area contributed by atoms with Gasteiger partial charge in [-0.05, 0) is 63.5 Å². The Bertz CT molecular complexity index is 2000. The molecule has 1 saturated heterocycles. The molecule has 2 aromatic heterocycles. The number of aliphatic carboxylic acids is 1. The molecule has 3 fully saturated rings. The van der Waals surface area contributed by atoms with Crippen LogP contribution in [0.5, 0.6) is 11.5 Å². The summed E-state index contributed by atoms with van der Waals surface area (Å²) in [5, 5.41) is 22.4. The molecule has 7 rings (SSSR count). The van der Waals surface area contributed by atoms with Gasteiger partial charge in [-0.1, -0.05) is 26.8 Å². The molecule has 294 valence electrons. The van der Waals surface area contributed by atoms with Crippen molar-refractivity contribution in [2.24, 2.45) is 11.3 Å². The van der Waals surface area contributed by atoms with Gasteiger partial charge in [0, 0.05) is 47.2 Å². The first-order valence-electron chi connectivity index (χ1n) is 19.1. The van der Waals surface area contributed by atoms with E-state index in [0.29, 0.717) is 30.2 Å². The minimum atomic E-state index is -1.51. The zero-order chi connectivity index (χ0) is 39.2. The number of carboxylic acid groups (broad SMARTS) is 1. The van der Waals surface area contributed by atoms with Crippen LogP contribution in [-0.2, 0) is 25.5 Å². The molecule has 14 nitrogen and oxygen atoms in total. The van der Waals surface area contributed by atoms with Gasteiger partial charge in [-0.25, -0.2) is 19.6 Å². The van der Waals surface area contributed by atoms with E-state index in [2.05, 4.69) is 22.5 Å². The Morgan fingerprint density at radius 3 is 2.56 bits per heavy atom. The number of fused-ring (bicyclic) bond motifs is 3. The summed E-state index contributed by atoms with van der Waals surface area (Å²) in [4.78, 5) is 65.5. The number of pyridine rings is 1. The van der Waals surface area contributed by atoms with Crippen LogP contribution < -0.4 is 25.4 Å². The van der Waals surface area contributed by atoms with E-state index in [4.69, 9.17) is 24.2 Å². The quantitative estimate of drug-likeness (QED) is 0.166. The number of amides is 3. The van der Waals surface area contributed by atoms with E-state index < -0.39 is 58.9 Å². The van der Waals surface area contributed by atoms with Crippen LogP contribution >= 0.6 is 11.3 Å². The number of nitrogens with zero attached hydrogens (tertiary/aromatic N) is 3. The lowest BCUT2D eigenvalue weighted by molar-refractivity contribution is -0.146. The van der Waals surface area contributed by atoms with Crippen LogP contribution in [0.15, 0.2) is 36.2 Å². The van der Waals surface area contributed by atoms with Crippen LogP contribution in [0.25, 0.3) is 22.3 Å². The molecule has 1 unspecified atom stereocenters. The Labute approximate surface area is 324 Å². The standard InChI is InChI=1S/C40H50N6O8S/c1-7-22-18-40(22,36(49)50)45-34(47)29-16-24(19-46(29)35(48)33(39(4,5)6)44-38(51)54-23-10-8-9-11-23)53-31-17-27(28-20-55-37(43-28)41-21(2)3)42-32-25(31)12-13-30-26(32)14-15-52-30/h7,12-13,17,20-24,29,33H,1,8-11,14-16,18-19H2,2-6H3,(H,41,43)(H,44,51)(H,45,47)(H,49,50)/t22-,24+,29-,33?,40+/m0/s1. The maximum atomic E-state index is 14.6. The molecule has 0 bridgehead atoms. The molecule has 3 aromatic rings. The summed E-state index contributed by atoms with van der Waals surface area (Å²) in [5.41, 5.74) is 0.675. The Morgan fingerprint density at radius 2 is 1.89 bits per heavy atom. The Hall–Kier alpha value is -4.92. The second kappa shape index (κ2) is 15.0. The number of rotatable bonds is 12. The molecule has 2 aliphatic heterocycles. The number of benzene rings is 1. The number of ether oxygens (including phenoxy) is 3. The lowest BCUT2D eigenvalue weighted by Gasteiger charge is -2.35. The monoisotopic (exact) mass is 774 g/mol. The van der Waals surface area contributed by atoms with Gasteiger partial charge < -0.3 is 40.2 Å². The number of carbonyl (C=O) groups is 4. The highest BCUT2D eigenvalue weighted by Gasteiger charge is 2.61. The zero-order valence-corrected chi connectivity index (χ0v) is 32.8. The van der Waals surface area contributed by atoms with Gasteiger partial charge in [0.1, 0.15) is 47.0 Å². The van der Waals surface area contributed by atoms with Gasteiger partial charge in [0.25, 0.3) is 0 Å². The molecule has 5 atom stereocenters. The summed E-state index contributed by atoms with van der Waals surface area (Å²) in [6, 6.07) is 3.67. The number of alkyl carbamates (subject to hydrolysis) is 1. The van der Waals surface area contributed by atoms with Crippen LogP contribution in [0.2, 0.25) is 0 Å². The van der Waals surface area contributed by atoms with Gasteiger partial charge in [0.05, 0.1) is 24.4 Å². The van der Waals surface area contributed by atoms with Crippen molar-refractivity contribution in [3.05, 3.63) is 41.8 Å². The predicted octanol–water partition coefficient (Wildman–Crippen LogP) is 5.69. The van der Waals surface area contributed by atoms with E-state index in [1.807, 2.05) is 58.2 Å². The topological polar surface area (TPSA) is 181 Å². The number of aromatic nitrogens is 2. The Morgan fingerprint density at radius 1 is 1.13 bits per heavy atom. The molecular formula is C40H50N6O8S. The lowest BCUT2D eigenvalue weighted by Crippen LogP contribution is -2.59. The predicted molar refractivity (Wildman–Crippen MR) is 207 cm³/mol. The number of likely N-dealkylation sites (tertiary alicyclic amines) is 1. The second-order valence-electron chi connectivity index (χ2n) is 16.4. The second-order valence-corrected chi connectivity index (χ2v) is 17.3. The van der Waals surface area contributed by atoms with E-state index in [1.165, 1.54) is 22.3 Å². The molecule has 0 spiro atoms. The smallest absolute Gasteiger partial charge is 0.408 e. The maximum absolute atomic E-state index is 14.6. The number of hydrogen-bond acceptors (Lipinski definition) is 11. The summed E-state index contributed by atoms with van der Waals surface area (Å²) < 4.78 is 18.3. The van der Waals surface area contributed by atoms with Crippen LogP contribution in [0, 0.1) is 11.3 Å². The molecule has 4 aliphatic rings. The summed E-state index contributed by atoms with van der Waals surface area (Å²) in [5.74, 6) is -1.47. The average molecular weight is 775 g/mol. The highest BCUT2D eigenvalue weighted by Crippen LogP contribution is 2.45. The van der Waals surface area contributed by atoms with Crippen molar-refractivity contribution >= 4 is 51.2 Å². The number of thiazole rings is 1. The molecule has 4 heterocycles. The van der Waals surface area contributed by atoms with Crippen molar-refractivity contribution < 1.29 is 38.5 Å². The number of carbonyl (C=O) groups excluding carboxylic acids is 3. The molecule has 0 radical (unpaired) electrons. The van der Waals surface area contributed by atoms with Crippen molar-refractivity contribution in [2.75, 3.05) is 18.5 Å². The third kappa shape index (κ3) is 7.80. The third-order valence-corrected chi connectivity index (χ3v) is 11.7. The van der Waals surface area contributed by atoms with Crippen molar-refractivity contribution in [1.82, 2.24) is 25.5 Å². The highest BCUT2D eigenvalue weighted by molar-refractivity contribution is 7.14. The van der Waals surface area contributed by atoms with Crippen LogP contribution in [-0.4, -0.2) is 92.9 Å². The number of hydrogen-bond donors (Lipinski definition) is 4. The van der Waals surface area contributed by atoms with Gasteiger partial charge in [-0.15, -0.1) is 17.9 Å². The van der Waals surface area contributed by atoms with E-state index in [9.17, 15) is 24.3 Å². The third-order valence-electron chi connectivity index (χ3n) is 10.9. The highest BCUT2D eigenvalue weighted by atomic mass is 32.1. The van der Waals surface area contributed by atoms with Gasteiger partial charge >= 0.3 is 12.1 Å². The van der Waals surface area contributed by atoms with Gasteiger partial charge in [0.2, 0.25) is 11.8 Å². The average Bonchev–Trinajstić information content (AvgIpc) is 3.74. The van der Waals surface area contributed by atoms with Crippen LogP contribution in [0.1, 0.15) is 78.7 Å². The Balaban J connectivity index is 1.22. The normalized spacial score (nSPS) is 23.9. The van der Waals surface area contributed by atoms with E-state index >= 15 is 0 Å². The first kappa shape index (κ1) is 38.4. The minimum Gasteiger partial charge on any atom is -0.493 e. The van der Waals surface area contributed by atoms with Crippen LogP contribution in [0.4, 0.5) is 9.93 Å². The molecule has 4 N–H and O–H groups in total. The molecular weight excluding hydrogens is 725 g/mol. The summed E-state index contributed by atoms with van der Waals surface area (Å²) in [6.07, 6.45) is 4.37. The molecule has 2 saturated carbocycles. The van der Waals surface area contributed by atoms with Crippen molar-refractivity contribution in [2.45, 2.75) is 115 Å². The fourth-order valence-electron chi connectivity index (χ4n) is 7.87. The summed E-state index contributed by atoms with van der Waals surface area (Å²) in [6.45, 7) is 13.8. The van der Waals surface area contributed by atoms with Gasteiger partial charge in [-0.3, -0.25) is 9.59 Å². The fourth-order valence-corrected chi connectivity index (χ4v) is 8.72.